The summed E-state index contributed by atoms with van der Waals surface area (Å²) >= 11 is 6.08. The monoisotopic (exact) mass is 372 g/mol. The van der Waals surface area contributed by atoms with Crippen LogP contribution in [0, 0.1) is 12.7 Å². The highest BCUT2D eigenvalue weighted by Crippen LogP contribution is 2.22. The van der Waals surface area contributed by atoms with E-state index in [1.807, 2.05) is 17.9 Å². The maximum Gasteiger partial charge on any atom is 0.272 e. The number of hydrogen-bond donors (Lipinski definition) is 0. The van der Waals surface area contributed by atoms with Crippen molar-refractivity contribution in [2.24, 2.45) is 0 Å². The van der Waals surface area contributed by atoms with E-state index in [2.05, 4.69) is 4.98 Å². The number of aryl methyl sites for hydroxylation is 1. The fourth-order valence-electron chi connectivity index (χ4n) is 3.40. The summed E-state index contributed by atoms with van der Waals surface area (Å²) in [7, 11) is 0. The van der Waals surface area contributed by atoms with Crippen molar-refractivity contribution in [1.82, 2.24) is 14.3 Å². The fraction of sp³-hybridized carbons (Fsp3) is 0.263. The van der Waals surface area contributed by atoms with Gasteiger partial charge in [0, 0.05) is 32.4 Å². The van der Waals surface area contributed by atoms with Gasteiger partial charge in [0.15, 0.2) is 0 Å². The molecule has 1 amide bonds. The highest BCUT2D eigenvalue weighted by atomic mass is 35.5. The van der Waals surface area contributed by atoms with Crippen molar-refractivity contribution in [1.29, 1.82) is 0 Å². The molecule has 3 aromatic rings. The highest BCUT2D eigenvalue weighted by Gasteiger charge is 2.27. The van der Waals surface area contributed by atoms with Crippen LogP contribution < -0.4 is 4.90 Å². The molecule has 0 radical (unpaired) electrons. The summed E-state index contributed by atoms with van der Waals surface area (Å²) in [5.41, 5.74) is 2.48. The third-order valence-electron chi connectivity index (χ3n) is 4.72. The largest absolute Gasteiger partial charge is 0.366 e. The number of imidazole rings is 1. The van der Waals surface area contributed by atoms with Crippen LogP contribution in [-0.2, 0) is 0 Å². The van der Waals surface area contributed by atoms with Gasteiger partial charge in [-0.2, -0.15) is 0 Å². The molecule has 0 spiro atoms. The summed E-state index contributed by atoms with van der Waals surface area (Å²) in [6.07, 6.45) is 1.71. The van der Waals surface area contributed by atoms with Gasteiger partial charge in [-0.05, 0) is 31.2 Å². The van der Waals surface area contributed by atoms with Crippen LogP contribution in [0.4, 0.5) is 10.1 Å². The second kappa shape index (κ2) is 6.61. The molecule has 0 aliphatic carbocycles. The van der Waals surface area contributed by atoms with Crippen molar-refractivity contribution in [2.45, 2.75) is 6.92 Å². The average Bonchev–Trinajstić information content (AvgIpc) is 2.97. The number of benzene rings is 1. The third kappa shape index (κ3) is 2.90. The Labute approximate surface area is 155 Å². The third-order valence-corrected chi connectivity index (χ3v) is 4.94. The fourth-order valence-corrected chi connectivity index (χ4v) is 3.56. The van der Waals surface area contributed by atoms with Crippen LogP contribution in [0.2, 0.25) is 5.02 Å². The normalized spacial score (nSPS) is 14.9. The van der Waals surface area contributed by atoms with Gasteiger partial charge in [-0.25, -0.2) is 9.37 Å². The lowest BCUT2D eigenvalue weighted by Gasteiger charge is -2.36. The molecule has 26 heavy (non-hydrogen) atoms. The van der Waals surface area contributed by atoms with Gasteiger partial charge in [-0.15, -0.1) is 0 Å². The standard InChI is InChI=1S/C19H18ClFN4O/c1-13-18(25-12-14(20)6-7-17(25)22-13)19(26)24-10-8-23(9-11-24)16-5-3-2-4-15(16)21/h2-7,12H,8-11H2,1H3. The first-order chi connectivity index (χ1) is 12.5. The van der Waals surface area contributed by atoms with Gasteiger partial charge in [0.05, 0.1) is 16.4 Å². The number of nitrogens with zero attached hydrogens (tertiary/aromatic N) is 4. The van der Waals surface area contributed by atoms with Crippen LogP contribution in [-0.4, -0.2) is 46.4 Å². The quantitative estimate of drug-likeness (QED) is 0.692. The van der Waals surface area contributed by atoms with Crippen LogP contribution >= 0.6 is 11.6 Å². The molecule has 2 aromatic heterocycles. The molecule has 0 atom stereocenters. The van der Waals surface area contributed by atoms with Gasteiger partial charge in [0.25, 0.3) is 5.91 Å². The van der Waals surface area contributed by atoms with Crippen LogP contribution in [0.3, 0.4) is 0 Å². The Hall–Kier alpha value is -2.60. The summed E-state index contributed by atoms with van der Waals surface area (Å²) in [5.74, 6) is -0.315. The van der Waals surface area contributed by atoms with E-state index < -0.39 is 0 Å². The van der Waals surface area contributed by atoms with E-state index in [1.54, 1.807) is 39.8 Å². The van der Waals surface area contributed by atoms with Crippen molar-refractivity contribution in [3.8, 4) is 0 Å². The van der Waals surface area contributed by atoms with Gasteiger partial charge < -0.3 is 9.80 Å². The molecule has 1 aliphatic rings. The molecule has 0 N–H and O–H groups in total. The average molecular weight is 373 g/mol. The minimum Gasteiger partial charge on any atom is -0.366 e. The van der Waals surface area contributed by atoms with E-state index in [0.29, 0.717) is 53.9 Å². The van der Waals surface area contributed by atoms with E-state index in [1.165, 1.54) is 6.07 Å². The zero-order valence-electron chi connectivity index (χ0n) is 14.3. The topological polar surface area (TPSA) is 40.9 Å². The molecule has 5 nitrogen and oxygen atoms in total. The second-order valence-electron chi connectivity index (χ2n) is 6.35. The summed E-state index contributed by atoms with van der Waals surface area (Å²) in [6.45, 7) is 4.05. The lowest BCUT2D eigenvalue weighted by Crippen LogP contribution is -2.49. The molecule has 1 saturated heterocycles. The van der Waals surface area contributed by atoms with Crippen LogP contribution in [0.1, 0.15) is 16.2 Å². The predicted molar refractivity (Wildman–Crippen MR) is 99.5 cm³/mol. The molecule has 0 saturated carbocycles. The zero-order chi connectivity index (χ0) is 18.3. The smallest absolute Gasteiger partial charge is 0.272 e. The van der Waals surface area contributed by atoms with E-state index >= 15 is 0 Å². The lowest BCUT2D eigenvalue weighted by molar-refractivity contribution is 0.0739. The number of fused-ring (bicyclic) bond motifs is 1. The molecule has 4 rings (SSSR count). The maximum atomic E-state index is 14.0. The number of piperazine rings is 1. The number of halogens is 2. The number of para-hydroxylation sites is 1. The van der Waals surface area contributed by atoms with Crippen molar-refractivity contribution in [3.05, 3.63) is 64.8 Å². The first-order valence-electron chi connectivity index (χ1n) is 8.47. The Bertz CT molecular complexity index is 979. The Kier molecular flexibility index (Phi) is 4.28. The van der Waals surface area contributed by atoms with Crippen LogP contribution in [0.15, 0.2) is 42.6 Å². The van der Waals surface area contributed by atoms with E-state index in [9.17, 15) is 9.18 Å². The van der Waals surface area contributed by atoms with Gasteiger partial charge in [-0.3, -0.25) is 9.20 Å². The number of amides is 1. The van der Waals surface area contributed by atoms with Gasteiger partial charge in [0.2, 0.25) is 0 Å². The molecule has 134 valence electrons. The molecule has 0 unspecified atom stereocenters. The second-order valence-corrected chi connectivity index (χ2v) is 6.79. The molecule has 0 bridgehead atoms. The lowest BCUT2D eigenvalue weighted by atomic mass is 10.2. The predicted octanol–water partition coefficient (Wildman–Crippen LogP) is 3.40. The molecule has 3 heterocycles. The van der Waals surface area contributed by atoms with Gasteiger partial charge in [-0.1, -0.05) is 23.7 Å². The van der Waals surface area contributed by atoms with E-state index in [4.69, 9.17) is 11.6 Å². The number of pyridine rings is 1. The molecular formula is C19H18ClFN4O. The van der Waals surface area contributed by atoms with E-state index in [-0.39, 0.29) is 11.7 Å². The molecule has 7 heteroatoms. The first-order valence-corrected chi connectivity index (χ1v) is 8.85. The van der Waals surface area contributed by atoms with Crippen LogP contribution in [0.5, 0.6) is 0 Å². The number of carbonyl (C=O) groups is 1. The summed E-state index contributed by atoms with van der Waals surface area (Å²) in [6, 6.07) is 10.3. The Morgan fingerprint density at radius 2 is 1.85 bits per heavy atom. The number of anilines is 1. The van der Waals surface area contributed by atoms with Crippen molar-refractivity contribution >= 4 is 28.8 Å². The van der Waals surface area contributed by atoms with Crippen molar-refractivity contribution < 1.29 is 9.18 Å². The van der Waals surface area contributed by atoms with Crippen molar-refractivity contribution in [2.75, 3.05) is 31.1 Å². The Balaban J connectivity index is 1.55. The Morgan fingerprint density at radius 1 is 1.12 bits per heavy atom. The highest BCUT2D eigenvalue weighted by molar-refractivity contribution is 6.30. The SMILES string of the molecule is Cc1nc2ccc(Cl)cn2c1C(=O)N1CCN(c2ccccc2F)CC1. The summed E-state index contributed by atoms with van der Waals surface area (Å²) in [5, 5.41) is 0.549. The number of carbonyl (C=O) groups excluding carboxylic acids is 1. The summed E-state index contributed by atoms with van der Waals surface area (Å²) in [4.78, 5) is 21.2. The molecule has 1 aliphatic heterocycles. The minimum atomic E-state index is -0.237. The number of rotatable bonds is 2. The Morgan fingerprint density at radius 3 is 2.58 bits per heavy atom. The maximum absolute atomic E-state index is 14.0. The number of hydrogen-bond acceptors (Lipinski definition) is 3. The zero-order valence-corrected chi connectivity index (χ0v) is 15.1. The number of aromatic nitrogens is 2. The molecule has 1 aromatic carbocycles. The first kappa shape index (κ1) is 16.8. The van der Waals surface area contributed by atoms with Crippen molar-refractivity contribution in [3.63, 3.8) is 0 Å². The molecule has 1 fully saturated rings. The minimum absolute atomic E-state index is 0.0783. The van der Waals surface area contributed by atoms with Gasteiger partial charge in [0.1, 0.15) is 17.2 Å². The van der Waals surface area contributed by atoms with Gasteiger partial charge >= 0.3 is 0 Å². The molecular weight excluding hydrogens is 355 g/mol. The summed E-state index contributed by atoms with van der Waals surface area (Å²) < 4.78 is 15.7. The van der Waals surface area contributed by atoms with Crippen LogP contribution in [0.25, 0.3) is 5.65 Å². The van der Waals surface area contributed by atoms with E-state index in [0.717, 1.165) is 0 Å².